The molecule has 48 heavy (non-hydrogen) atoms. The molecule has 0 aliphatic heterocycles. The van der Waals surface area contributed by atoms with Crippen molar-refractivity contribution in [2.24, 2.45) is 5.73 Å². The Hall–Kier alpha value is -1.52. The second-order valence-electron chi connectivity index (χ2n) is 13.1. The Balaban J connectivity index is 4.39. The lowest BCUT2D eigenvalue weighted by atomic mass is 10.0. The van der Waals surface area contributed by atoms with Crippen LogP contribution in [-0.2, 0) is 37.5 Å². The molecule has 0 radical (unpaired) electrons. The van der Waals surface area contributed by atoms with Gasteiger partial charge in [-0.2, -0.15) is 0 Å². The SMILES string of the molecule is CCCCCCCCCCCCCCCCC(=O)OC[C@@H](COP(=O)(O)OC[C@@H](N)C(=O)O)OC(=O)CCCCCCCCCCCC. The molecule has 0 aromatic heterocycles. The van der Waals surface area contributed by atoms with Crippen molar-refractivity contribution < 1.29 is 47.5 Å². The van der Waals surface area contributed by atoms with Gasteiger partial charge in [0.2, 0.25) is 0 Å². The van der Waals surface area contributed by atoms with Crippen LogP contribution in [-0.4, -0.2) is 59.9 Å². The number of carboxylic acid groups (broad SMARTS) is 1. The number of aliphatic carboxylic acids is 1. The number of carboxylic acids is 1. The van der Waals surface area contributed by atoms with Gasteiger partial charge in [-0.25, -0.2) is 4.57 Å². The van der Waals surface area contributed by atoms with Crippen LogP contribution in [0.5, 0.6) is 0 Å². The maximum Gasteiger partial charge on any atom is 0.472 e. The average molecular weight is 708 g/mol. The largest absolute Gasteiger partial charge is 0.480 e. The molecule has 3 atom stereocenters. The molecule has 0 rings (SSSR count). The van der Waals surface area contributed by atoms with Crippen LogP contribution < -0.4 is 5.73 Å². The van der Waals surface area contributed by atoms with Gasteiger partial charge in [0.15, 0.2) is 6.10 Å². The van der Waals surface area contributed by atoms with E-state index in [9.17, 15) is 23.8 Å². The lowest BCUT2D eigenvalue weighted by molar-refractivity contribution is -0.161. The summed E-state index contributed by atoms with van der Waals surface area (Å²) in [6, 6.07) is -1.51. The molecule has 0 saturated heterocycles. The van der Waals surface area contributed by atoms with Crippen LogP contribution in [0.15, 0.2) is 0 Å². The topological polar surface area (TPSA) is 172 Å². The minimum Gasteiger partial charge on any atom is -0.480 e. The first-order valence-corrected chi connectivity index (χ1v) is 20.6. The summed E-state index contributed by atoms with van der Waals surface area (Å²) in [5.74, 6) is -2.37. The fourth-order valence-electron chi connectivity index (χ4n) is 5.30. The minimum atomic E-state index is -4.70. The molecule has 12 heteroatoms. The van der Waals surface area contributed by atoms with Crippen molar-refractivity contribution in [3.05, 3.63) is 0 Å². The smallest absolute Gasteiger partial charge is 0.472 e. The van der Waals surface area contributed by atoms with E-state index in [1.54, 1.807) is 0 Å². The van der Waals surface area contributed by atoms with Crippen LogP contribution in [0.4, 0.5) is 0 Å². The van der Waals surface area contributed by atoms with Crippen LogP contribution in [0.3, 0.4) is 0 Å². The summed E-state index contributed by atoms with van der Waals surface area (Å²) in [6.07, 6.45) is 27.5. The number of hydrogen-bond donors (Lipinski definition) is 3. The number of esters is 2. The highest BCUT2D eigenvalue weighted by Gasteiger charge is 2.28. The van der Waals surface area contributed by atoms with E-state index < -0.39 is 51.1 Å². The number of unbranched alkanes of at least 4 members (excludes halogenated alkanes) is 22. The normalized spacial score (nSPS) is 13.9. The monoisotopic (exact) mass is 707 g/mol. The number of ether oxygens (including phenoxy) is 2. The van der Waals surface area contributed by atoms with E-state index in [2.05, 4.69) is 18.4 Å². The quantitative estimate of drug-likeness (QED) is 0.0322. The summed E-state index contributed by atoms with van der Waals surface area (Å²) in [7, 11) is -4.70. The molecule has 0 spiro atoms. The standard InChI is InChI=1S/C36H70NO10P/c1-3-5-7-9-11-13-15-16-17-18-20-21-23-25-27-34(38)44-29-32(30-45-48(42,43)46-31-33(37)36(40)41)47-35(39)28-26-24-22-19-14-12-10-8-6-4-2/h32-33H,3-31,37H2,1-2H3,(H,40,41)(H,42,43)/t32-,33+/m0/s1. The third-order valence-electron chi connectivity index (χ3n) is 8.36. The molecule has 0 aliphatic carbocycles. The Kier molecular flexibility index (Phi) is 31.6. The van der Waals surface area contributed by atoms with Gasteiger partial charge in [0.1, 0.15) is 12.6 Å². The van der Waals surface area contributed by atoms with Crippen molar-refractivity contribution >= 4 is 25.7 Å². The molecule has 1 unspecified atom stereocenters. The fourth-order valence-corrected chi connectivity index (χ4v) is 6.08. The molecule has 4 N–H and O–H groups in total. The van der Waals surface area contributed by atoms with E-state index in [0.717, 1.165) is 38.5 Å². The zero-order valence-corrected chi connectivity index (χ0v) is 31.2. The number of phosphoric ester groups is 1. The molecule has 0 aromatic rings. The van der Waals surface area contributed by atoms with Crippen molar-refractivity contribution in [1.29, 1.82) is 0 Å². The van der Waals surface area contributed by atoms with Gasteiger partial charge in [0.25, 0.3) is 0 Å². The van der Waals surface area contributed by atoms with E-state index in [4.69, 9.17) is 24.8 Å². The van der Waals surface area contributed by atoms with E-state index in [-0.39, 0.29) is 19.4 Å². The van der Waals surface area contributed by atoms with Crippen LogP contribution in [0.1, 0.15) is 181 Å². The molecule has 0 aliphatic rings. The summed E-state index contributed by atoms with van der Waals surface area (Å²) in [5, 5.41) is 8.84. The van der Waals surface area contributed by atoms with Gasteiger partial charge in [-0.05, 0) is 12.8 Å². The molecule has 284 valence electrons. The van der Waals surface area contributed by atoms with Gasteiger partial charge in [0, 0.05) is 12.8 Å². The van der Waals surface area contributed by atoms with Gasteiger partial charge < -0.3 is 25.2 Å². The first kappa shape index (κ1) is 46.5. The predicted molar refractivity (Wildman–Crippen MR) is 190 cm³/mol. The summed E-state index contributed by atoms with van der Waals surface area (Å²) in [6.45, 7) is 2.78. The van der Waals surface area contributed by atoms with E-state index in [0.29, 0.717) is 12.8 Å². The van der Waals surface area contributed by atoms with Gasteiger partial charge in [-0.15, -0.1) is 0 Å². The van der Waals surface area contributed by atoms with Crippen molar-refractivity contribution in [3.63, 3.8) is 0 Å². The maximum absolute atomic E-state index is 12.5. The molecule has 0 bridgehead atoms. The van der Waals surface area contributed by atoms with Gasteiger partial charge in [-0.3, -0.25) is 23.4 Å². The Bertz CT molecular complexity index is 844. The molecule has 0 fully saturated rings. The Labute approximate surface area is 291 Å². The van der Waals surface area contributed by atoms with Crippen LogP contribution >= 0.6 is 7.82 Å². The van der Waals surface area contributed by atoms with E-state index >= 15 is 0 Å². The molecule has 0 saturated carbocycles. The molecule has 0 aromatic carbocycles. The van der Waals surface area contributed by atoms with Gasteiger partial charge in [-0.1, -0.05) is 155 Å². The second kappa shape index (κ2) is 32.7. The van der Waals surface area contributed by atoms with Crippen LogP contribution in [0, 0.1) is 0 Å². The number of nitrogens with two attached hydrogens (primary N) is 1. The van der Waals surface area contributed by atoms with E-state index in [1.165, 1.54) is 103 Å². The first-order valence-electron chi connectivity index (χ1n) is 19.1. The van der Waals surface area contributed by atoms with Crippen molar-refractivity contribution in [2.45, 2.75) is 193 Å². The zero-order chi connectivity index (χ0) is 35.7. The molecular formula is C36H70NO10P. The third kappa shape index (κ3) is 31.7. The maximum atomic E-state index is 12.5. The number of carbonyl (C=O) groups is 3. The van der Waals surface area contributed by atoms with Crippen molar-refractivity contribution in [3.8, 4) is 0 Å². The number of rotatable bonds is 36. The number of carbonyl (C=O) groups excluding carboxylic acids is 2. The number of hydrogen-bond acceptors (Lipinski definition) is 9. The number of phosphoric acid groups is 1. The van der Waals surface area contributed by atoms with Crippen LogP contribution in [0.2, 0.25) is 0 Å². The highest BCUT2D eigenvalue weighted by molar-refractivity contribution is 7.47. The zero-order valence-electron chi connectivity index (χ0n) is 30.3. The van der Waals surface area contributed by atoms with Crippen molar-refractivity contribution in [1.82, 2.24) is 0 Å². The predicted octanol–water partition coefficient (Wildman–Crippen LogP) is 9.17. The molecule has 11 nitrogen and oxygen atoms in total. The van der Waals surface area contributed by atoms with E-state index in [1.807, 2.05) is 0 Å². The summed E-state index contributed by atoms with van der Waals surface area (Å²) in [5.41, 5.74) is 5.31. The first-order chi connectivity index (χ1) is 23.1. The Morgan fingerprint density at radius 2 is 0.917 bits per heavy atom. The summed E-state index contributed by atoms with van der Waals surface area (Å²) >= 11 is 0. The Morgan fingerprint density at radius 1 is 0.562 bits per heavy atom. The van der Waals surface area contributed by atoms with Crippen LogP contribution in [0.25, 0.3) is 0 Å². The van der Waals surface area contributed by atoms with Gasteiger partial charge in [0.05, 0.1) is 13.2 Å². The summed E-state index contributed by atoms with van der Waals surface area (Å²) in [4.78, 5) is 45.6. The minimum absolute atomic E-state index is 0.167. The average Bonchev–Trinajstić information content (AvgIpc) is 3.05. The van der Waals surface area contributed by atoms with Crippen molar-refractivity contribution in [2.75, 3.05) is 19.8 Å². The lowest BCUT2D eigenvalue weighted by Gasteiger charge is -2.20. The fraction of sp³-hybridized carbons (Fsp3) is 0.917. The highest BCUT2D eigenvalue weighted by Crippen LogP contribution is 2.43. The molecular weight excluding hydrogens is 637 g/mol. The highest BCUT2D eigenvalue weighted by atomic mass is 31.2. The third-order valence-corrected chi connectivity index (χ3v) is 9.31. The Morgan fingerprint density at radius 3 is 1.31 bits per heavy atom. The second-order valence-corrected chi connectivity index (χ2v) is 14.5. The lowest BCUT2D eigenvalue weighted by Crippen LogP contribution is -2.34. The molecule has 0 heterocycles. The molecule has 0 amide bonds. The van der Waals surface area contributed by atoms with Gasteiger partial charge >= 0.3 is 25.7 Å². The summed E-state index contributed by atoms with van der Waals surface area (Å²) < 4.78 is 32.5.